The SMILES string of the molecule is C[C@@H](OC(=O)CN1C(=O)Cc2ccccc2C1=O)C(=O)N1c2ccccc2C[C@@H]1C. The summed E-state index contributed by atoms with van der Waals surface area (Å²) in [7, 11) is 0. The molecule has 0 bridgehead atoms. The first-order valence-corrected chi connectivity index (χ1v) is 9.90. The number of imide groups is 1. The number of esters is 1. The number of nitrogens with zero attached hydrogens (tertiary/aromatic N) is 2. The normalized spacial score (nSPS) is 18.7. The van der Waals surface area contributed by atoms with Crippen molar-refractivity contribution in [1.82, 2.24) is 4.90 Å². The van der Waals surface area contributed by atoms with E-state index in [9.17, 15) is 19.2 Å². The van der Waals surface area contributed by atoms with Crippen LogP contribution in [0.1, 0.15) is 35.3 Å². The second-order valence-electron chi connectivity index (χ2n) is 7.64. The molecule has 0 saturated heterocycles. The minimum absolute atomic E-state index is 0.0437. The van der Waals surface area contributed by atoms with E-state index in [2.05, 4.69) is 0 Å². The Morgan fingerprint density at radius 2 is 1.73 bits per heavy atom. The zero-order chi connectivity index (χ0) is 21.4. The third-order valence-electron chi connectivity index (χ3n) is 5.52. The lowest BCUT2D eigenvalue weighted by Gasteiger charge is -2.28. The smallest absolute Gasteiger partial charge is 0.326 e. The van der Waals surface area contributed by atoms with Crippen molar-refractivity contribution in [3.05, 3.63) is 65.2 Å². The van der Waals surface area contributed by atoms with Gasteiger partial charge in [0, 0.05) is 17.3 Å². The van der Waals surface area contributed by atoms with Crippen LogP contribution in [-0.2, 0) is 32.0 Å². The Morgan fingerprint density at radius 3 is 2.50 bits per heavy atom. The first-order chi connectivity index (χ1) is 14.4. The minimum Gasteiger partial charge on any atom is -0.451 e. The van der Waals surface area contributed by atoms with E-state index in [1.165, 1.54) is 6.92 Å². The number of rotatable bonds is 4. The molecule has 2 aromatic carbocycles. The Labute approximate surface area is 174 Å². The zero-order valence-electron chi connectivity index (χ0n) is 16.8. The third kappa shape index (κ3) is 3.47. The molecule has 0 radical (unpaired) electrons. The molecule has 7 heteroatoms. The van der Waals surface area contributed by atoms with Crippen molar-refractivity contribution >= 4 is 29.4 Å². The van der Waals surface area contributed by atoms with Gasteiger partial charge in [0.2, 0.25) is 5.91 Å². The Hall–Kier alpha value is -3.48. The number of anilines is 1. The second kappa shape index (κ2) is 7.74. The fraction of sp³-hybridized carbons (Fsp3) is 0.304. The van der Waals surface area contributed by atoms with E-state index in [1.807, 2.05) is 31.2 Å². The maximum absolute atomic E-state index is 12.9. The number of hydrogen-bond acceptors (Lipinski definition) is 5. The number of amides is 3. The number of hydrogen-bond donors (Lipinski definition) is 0. The van der Waals surface area contributed by atoms with Gasteiger partial charge in [-0.25, -0.2) is 0 Å². The molecule has 0 N–H and O–H groups in total. The standard InChI is InChI=1S/C23H22N2O5/c1-14-11-17-8-4-6-10-19(17)25(14)22(28)15(2)30-21(27)13-24-20(26)12-16-7-3-5-9-18(16)23(24)29/h3-10,14-15H,11-13H2,1-2H3/t14-,15+/m0/s1. The van der Waals surface area contributed by atoms with Gasteiger partial charge in [-0.05, 0) is 43.5 Å². The number of benzene rings is 2. The molecule has 0 fully saturated rings. The van der Waals surface area contributed by atoms with Gasteiger partial charge in [0.15, 0.2) is 6.10 Å². The minimum atomic E-state index is -1.03. The van der Waals surface area contributed by atoms with E-state index in [-0.39, 0.29) is 18.4 Å². The molecule has 0 aliphatic carbocycles. The number of fused-ring (bicyclic) bond motifs is 2. The average Bonchev–Trinajstić information content (AvgIpc) is 3.06. The Balaban J connectivity index is 1.43. The van der Waals surface area contributed by atoms with Crippen LogP contribution in [0.4, 0.5) is 5.69 Å². The van der Waals surface area contributed by atoms with Crippen molar-refractivity contribution < 1.29 is 23.9 Å². The molecule has 0 aromatic heterocycles. The summed E-state index contributed by atoms with van der Waals surface area (Å²) in [6.45, 7) is 2.92. The summed E-state index contributed by atoms with van der Waals surface area (Å²) >= 11 is 0. The lowest BCUT2D eigenvalue weighted by molar-refractivity contribution is -0.156. The lowest BCUT2D eigenvalue weighted by Crippen LogP contribution is -2.47. The number of para-hydroxylation sites is 1. The average molecular weight is 406 g/mol. The highest BCUT2D eigenvalue weighted by molar-refractivity contribution is 6.11. The van der Waals surface area contributed by atoms with E-state index in [0.717, 1.165) is 22.6 Å². The van der Waals surface area contributed by atoms with Crippen LogP contribution in [0.15, 0.2) is 48.5 Å². The van der Waals surface area contributed by atoms with E-state index in [0.29, 0.717) is 11.1 Å². The van der Waals surface area contributed by atoms with Gasteiger partial charge in [0.05, 0.1) is 6.42 Å². The van der Waals surface area contributed by atoms with E-state index >= 15 is 0 Å². The zero-order valence-corrected chi connectivity index (χ0v) is 16.8. The maximum Gasteiger partial charge on any atom is 0.326 e. The highest BCUT2D eigenvalue weighted by Gasteiger charge is 2.36. The van der Waals surface area contributed by atoms with Crippen LogP contribution >= 0.6 is 0 Å². The molecule has 3 amide bonds. The van der Waals surface area contributed by atoms with Crippen LogP contribution in [0.5, 0.6) is 0 Å². The van der Waals surface area contributed by atoms with Gasteiger partial charge in [-0.2, -0.15) is 0 Å². The molecule has 0 spiro atoms. The van der Waals surface area contributed by atoms with Crippen LogP contribution in [-0.4, -0.2) is 47.3 Å². The van der Waals surface area contributed by atoms with Crippen molar-refractivity contribution in [2.75, 3.05) is 11.4 Å². The van der Waals surface area contributed by atoms with Crippen LogP contribution in [0.25, 0.3) is 0 Å². The molecule has 30 heavy (non-hydrogen) atoms. The molecular weight excluding hydrogens is 384 g/mol. The molecule has 2 aromatic rings. The summed E-state index contributed by atoms with van der Waals surface area (Å²) in [6, 6.07) is 14.4. The molecule has 2 aliphatic rings. The summed E-state index contributed by atoms with van der Waals surface area (Å²) in [6.07, 6.45) is -0.252. The van der Waals surface area contributed by atoms with E-state index in [4.69, 9.17) is 4.74 Å². The van der Waals surface area contributed by atoms with Crippen molar-refractivity contribution in [3.8, 4) is 0 Å². The van der Waals surface area contributed by atoms with Crippen LogP contribution < -0.4 is 4.90 Å². The second-order valence-corrected chi connectivity index (χ2v) is 7.64. The van der Waals surface area contributed by atoms with Crippen molar-refractivity contribution in [3.63, 3.8) is 0 Å². The lowest BCUT2D eigenvalue weighted by atomic mass is 9.98. The Kier molecular flexibility index (Phi) is 5.11. The summed E-state index contributed by atoms with van der Waals surface area (Å²) in [5.74, 6) is -2.11. The first kappa shape index (κ1) is 19.8. The summed E-state index contributed by atoms with van der Waals surface area (Å²) in [5.41, 5.74) is 2.93. The fourth-order valence-electron chi connectivity index (χ4n) is 4.07. The largest absolute Gasteiger partial charge is 0.451 e. The van der Waals surface area contributed by atoms with Gasteiger partial charge in [-0.15, -0.1) is 0 Å². The third-order valence-corrected chi connectivity index (χ3v) is 5.52. The molecule has 7 nitrogen and oxygen atoms in total. The monoisotopic (exact) mass is 406 g/mol. The first-order valence-electron chi connectivity index (χ1n) is 9.90. The number of ether oxygens (including phenoxy) is 1. The summed E-state index contributed by atoms with van der Waals surface area (Å²) in [4.78, 5) is 52.8. The fourth-order valence-corrected chi connectivity index (χ4v) is 4.07. The predicted octanol–water partition coefficient (Wildman–Crippen LogP) is 2.12. The molecular formula is C23H22N2O5. The molecule has 2 aliphatic heterocycles. The molecule has 0 saturated carbocycles. The molecule has 0 unspecified atom stereocenters. The Morgan fingerprint density at radius 1 is 1.07 bits per heavy atom. The highest BCUT2D eigenvalue weighted by atomic mass is 16.5. The highest BCUT2D eigenvalue weighted by Crippen LogP contribution is 2.32. The van der Waals surface area contributed by atoms with Gasteiger partial charge in [0.25, 0.3) is 11.8 Å². The van der Waals surface area contributed by atoms with Crippen molar-refractivity contribution in [1.29, 1.82) is 0 Å². The van der Waals surface area contributed by atoms with Gasteiger partial charge < -0.3 is 9.64 Å². The van der Waals surface area contributed by atoms with Gasteiger partial charge in [0.1, 0.15) is 6.54 Å². The van der Waals surface area contributed by atoms with Gasteiger partial charge in [-0.3, -0.25) is 24.1 Å². The van der Waals surface area contributed by atoms with Crippen LogP contribution in [0.2, 0.25) is 0 Å². The van der Waals surface area contributed by atoms with Gasteiger partial charge in [-0.1, -0.05) is 36.4 Å². The van der Waals surface area contributed by atoms with Gasteiger partial charge >= 0.3 is 5.97 Å². The molecule has 4 rings (SSSR count). The summed E-state index contributed by atoms with van der Waals surface area (Å²) < 4.78 is 5.30. The molecule has 2 atom stereocenters. The van der Waals surface area contributed by atoms with Crippen molar-refractivity contribution in [2.24, 2.45) is 0 Å². The predicted molar refractivity (Wildman–Crippen MR) is 109 cm³/mol. The quantitative estimate of drug-likeness (QED) is 0.574. The maximum atomic E-state index is 12.9. The van der Waals surface area contributed by atoms with E-state index in [1.54, 1.807) is 29.2 Å². The van der Waals surface area contributed by atoms with E-state index < -0.39 is 30.4 Å². The molecule has 2 heterocycles. The van der Waals surface area contributed by atoms with Crippen LogP contribution in [0, 0.1) is 0 Å². The number of carbonyl (C=O) groups excluding carboxylic acids is 4. The molecule has 154 valence electrons. The topological polar surface area (TPSA) is 84.0 Å². The van der Waals surface area contributed by atoms with Crippen molar-refractivity contribution in [2.45, 2.75) is 38.8 Å². The summed E-state index contributed by atoms with van der Waals surface area (Å²) in [5, 5.41) is 0. The van der Waals surface area contributed by atoms with Crippen LogP contribution in [0.3, 0.4) is 0 Å². The number of carbonyl (C=O) groups is 4. The Bertz CT molecular complexity index is 1050.